The monoisotopic (exact) mass is 274 g/mol. The van der Waals surface area contributed by atoms with Crippen LogP contribution in [0.4, 0.5) is 0 Å². The minimum Gasteiger partial charge on any atom is -0.496 e. The summed E-state index contributed by atoms with van der Waals surface area (Å²) in [4.78, 5) is 0. The average Bonchev–Trinajstić information content (AvgIpc) is 2.52. The first kappa shape index (κ1) is 12.5. The molecule has 0 atom stereocenters. The van der Waals surface area contributed by atoms with Gasteiger partial charge in [-0.2, -0.15) is 0 Å². The molecule has 4 rings (SSSR count). The van der Waals surface area contributed by atoms with Crippen molar-refractivity contribution in [2.24, 2.45) is 0 Å². The van der Waals surface area contributed by atoms with E-state index in [2.05, 4.69) is 68.4 Å². The zero-order valence-corrected chi connectivity index (χ0v) is 12.6. The Hall–Kier alpha value is -2.28. The van der Waals surface area contributed by atoms with Gasteiger partial charge in [0.2, 0.25) is 0 Å². The van der Waals surface area contributed by atoms with Crippen LogP contribution in [0.1, 0.15) is 25.0 Å². The van der Waals surface area contributed by atoms with Crippen LogP contribution in [-0.2, 0) is 5.41 Å². The van der Waals surface area contributed by atoms with Crippen molar-refractivity contribution in [3.63, 3.8) is 0 Å². The number of hydrogen-bond donors (Lipinski definition) is 0. The molecule has 0 amide bonds. The molecule has 1 aliphatic carbocycles. The highest BCUT2D eigenvalue weighted by Gasteiger charge is 2.34. The van der Waals surface area contributed by atoms with Gasteiger partial charge in [-0.15, -0.1) is 0 Å². The topological polar surface area (TPSA) is 9.23 Å². The largest absolute Gasteiger partial charge is 0.496 e. The first-order valence-corrected chi connectivity index (χ1v) is 7.34. The second-order valence-corrected chi connectivity index (χ2v) is 6.22. The third-order valence-electron chi connectivity index (χ3n) is 4.77. The smallest absolute Gasteiger partial charge is 0.127 e. The number of hydrogen-bond acceptors (Lipinski definition) is 1. The summed E-state index contributed by atoms with van der Waals surface area (Å²) in [5.74, 6) is 0.956. The van der Waals surface area contributed by atoms with Gasteiger partial charge in [0.25, 0.3) is 0 Å². The fraction of sp³-hybridized carbons (Fsp3) is 0.200. The zero-order valence-electron chi connectivity index (χ0n) is 12.6. The summed E-state index contributed by atoms with van der Waals surface area (Å²) < 4.78 is 5.66. The minimum atomic E-state index is 0.00939. The summed E-state index contributed by atoms with van der Waals surface area (Å²) in [6.45, 7) is 4.62. The molecule has 1 nitrogen and oxygen atoms in total. The molecule has 104 valence electrons. The molecular formula is C20H18O. The summed E-state index contributed by atoms with van der Waals surface area (Å²) in [5.41, 5.74) is 5.29. The fourth-order valence-corrected chi connectivity index (χ4v) is 3.71. The van der Waals surface area contributed by atoms with E-state index in [0.29, 0.717) is 0 Å². The van der Waals surface area contributed by atoms with Crippen molar-refractivity contribution in [1.29, 1.82) is 0 Å². The molecular weight excluding hydrogens is 256 g/mol. The van der Waals surface area contributed by atoms with E-state index in [9.17, 15) is 0 Å². The predicted molar refractivity (Wildman–Crippen MR) is 88.1 cm³/mol. The van der Waals surface area contributed by atoms with Gasteiger partial charge < -0.3 is 4.74 Å². The molecule has 3 aromatic carbocycles. The standard InChI is InChI=1S/C20H18O/c1-20(2)15-9-5-4-8-14(15)19-17(21-3)12-11-13-7-6-10-16(20)18(13)19/h4-12H,1-3H3. The molecule has 0 aromatic heterocycles. The van der Waals surface area contributed by atoms with Gasteiger partial charge in [0, 0.05) is 11.0 Å². The van der Waals surface area contributed by atoms with E-state index in [1.54, 1.807) is 7.11 Å². The van der Waals surface area contributed by atoms with Crippen molar-refractivity contribution < 1.29 is 4.74 Å². The van der Waals surface area contributed by atoms with Crippen molar-refractivity contribution >= 4 is 10.8 Å². The Kier molecular flexibility index (Phi) is 2.44. The number of benzene rings is 3. The maximum atomic E-state index is 5.66. The van der Waals surface area contributed by atoms with E-state index in [1.807, 2.05) is 0 Å². The fourth-order valence-electron chi connectivity index (χ4n) is 3.71. The number of ether oxygens (including phenoxy) is 1. The number of fused-ring (bicyclic) bond motifs is 2. The normalized spacial score (nSPS) is 14.8. The quantitative estimate of drug-likeness (QED) is 0.596. The summed E-state index contributed by atoms with van der Waals surface area (Å²) in [7, 11) is 1.75. The average molecular weight is 274 g/mol. The van der Waals surface area contributed by atoms with E-state index in [0.717, 1.165) is 5.75 Å². The van der Waals surface area contributed by atoms with Gasteiger partial charge >= 0.3 is 0 Å². The Morgan fingerprint density at radius 1 is 0.810 bits per heavy atom. The summed E-state index contributed by atoms with van der Waals surface area (Å²) in [6.07, 6.45) is 0. The van der Waals surface area contributed by atoms with Crippen molar-refractivity contribution in [2.75, 3.05) is 7.11 Å². The second kappa shape index (κ2) is 4.11. The maximum Gasteiger partial charge on any atom is 0.127 e. The van der Waals surface area contributed by atoms with E-state index < -0.39 is 0 Å². The molecule has 0 heterocycles. The molecule has 0 bridgehead atoms. The molecule has 21 heavy (non-hydrogen) atoms. The van der Waals surface area contributed by atoms with Crippen LogP contribution in [0.15, 0.2) is 54.6 Å². The van der Waals surface area contributed by atoms with E-state index in [4.69, 9.17) is 4.74 Å². The van der Waals surface area contributed by atoms with Gasteiger partial charge in [0.15, 0.2) is 0 Å². The van der Waals surface area contributed by atoms with Gasteiger partial charge in [-0.25, -0.2) is 0 Å². The van der Waals surface area contributed by atoms with Crippen molar-refractivity contribution in [1.82, 2.24) is 0 Å². The van der Waals surface area contributed by atoms with Crippen molar-refractivity contribution in [3.8, 4) is 16.9 Å². The van der Waals surface area contributed by atoms with Gasteiger partial charge in [0.1, 0.15) is 5.75 Å². The maximum absolute atomic E-state index is 5.66. The second-order valence-electron chi connectivity index (χ2n) is 6.22. The molecule has 0 fully saturated rings. The van der Waals surface area contributed by atoms with Crippen LogP contribution < -0.4 is 4.74 Å². The molecule has 0 saturated heterocycles. The van der Waals surface area contributed by atoms with Crippen LogP contribution in [0, 0.1) is 0 Å². The van der Waals surface area contributed by atoms with Crippen molar-refractivity contribution in [2.45, 2.75) is 19.3 Å². The minimum absolute atomic E-state index is 0.00939. The number of rotatable bonds is 1. The summed E-state index contributed by atoms with van der Waals surface area (Å²) in [6, 6.07) is 19.5. The molecule has 0 spiro atoms. The van der Waals surface area contributed by atoms with Crippen LogP contribution in [0.2, 0.25) is 0 Å². The molecule has 0 N–H and O–H groups in total. The van der Waals surface area contributed by atoms with Gasteiger partial charge in [-0.3, -0.25) is 0 Å². The molecule has 1 aliphatic rings. The van der Waals surface area contributed by atoms with Crippen LogP contribution in [-0.4, -0.2) is 7.11 Å². The van der Waals surface area contributed by atoms with E-state index in [1.165, 1.54) is 33.0 Å². The summed E-state index contributed by atoms with van der Waals surface area (Å²) in [5, 5.41) is 2.62. The Labute approximate surface area is 125 Å². The first-order valence-electron chi connectivity index (χ1n) is 7.34. The molecule has 0 unspecified atom stereocenters. The van der Waals surface area contributed by atoms with E-state index in [-0.39, 0.29) is 5.41 Å². The van der Waals surface area contributed by atoms with E-state index >= 15 is 0 Å². The van der Waals surface area contributed by atoms with Gasteiger partial charge in [-0.05, 0) is 33.5 Å². The molecule has 0 aliphatic heterocycles. The highest BCUT2D eigenvalue weighted by molar-refractivity contribution is 6.05. The summed E-state index contributed by atoms with van der Waals surface area (Å²) >= 11 is 0. The molecule has 1 heteroatoms. The zero-order chi connectivity index (χ0) is 14.6. The molecule has 0 radical (unpaired) electrons. The molecule has 0 saturated carbocycles. The predicted octanol–water partition coefficient (Wildman–Crippen LogP) is 5.15. The third-order valence-corrected chi connectivity index (χ3v) is 4.77. The van der Waals surface area contributed by atoms with Crippen LogP contribution >= 0.6 is 0 Å². The first-order chi connectivity index (χ1) is 10.1. The van der Waals surface area contributed by atoms with Gasteiger partial charge in [0.05, 0.1) is 7.11 Å². The number of methoxy groups -OCH3 is 1. The lowest BCUT2D eigenvalue weighted by Gasteiger charge is -2.35. The van der Waals surface area contributed by atoms with Crippen LogP contribution in [0.5, 0.6) is 5.75 Å². The lowest BCUT2D eigenvalue weighted by Crippen LogP contribution is -2.23. The Balaban J connectivity index is 2.29. The molecule has 3 aromatic rings. The van der Waals surface area contributed by atoms with Gasteiger partial charge in [-0.1, -0.05) is 62.4 Å². The Morgan fingerprint density at radius 2 is 1.57 bits per heavy atom. The Bertz CT molecular complexity index is 859. The Morgan fingerprint density at radius 3 is 2.38 bits per heavy atom. The highest BCUT2D eigenvalue weighted by atomic mass is 16.5. The van der Waals surface area contributed by atoms with Crippen molar-refractivity contribution in [3.05, 3.63) is 65.7 Å². The third kappa shape index (κ3) is 1.52. The highest BCUT2D eigenvalue weighted by Crippen LogP contribution is 2.51. The SMILES string of the molecule is COc1ccc2cccc3c2c1-c1ccccc1C3(C)C. The van der Waals surface area contributed by atoms with Crippen LogP contribution in [0.3, 0.4) is 0 Å². The lowest BCUT2D eigenvalue weighted by molar-refractivity contribution is 0.416. The van der Waals surface area contributed by atoms with Crippen LogP contribution in [0.25, 0.3) is 21.9 Å². The lowest BCUT2D eigenvalue weighted by atomic mass is 9.68.